The molecule has 106 valence electrons. The van der Waals surface area contributed by atoms with Gasteiger partial charge in [-0.25, -0.2) is 4.39 Å². The molecule has 0 fully saturated rings. The Kier molecular flexibility index (Phi) is 3.10. The number of halogens is 1. The summed E-state index contributed by atoms with van der Waals surface area (Å²) in [5, 5.41) is 0. The Hall–Kier alpha value is -1.73. The van der Waals surface area contributed by atoms with Gasteiger partial charge in [-0.2, -0.15) is 13.1 Å². The zero-order valence-corrected chi connectivity index (χ0v) is 11.3. The van der Waals surface area contributed by atoms with Crippen LogP contribution in [-0.4, -0.2) is 14.2 Å². The molecule has 1 atom stereocenters. The van der Waals surface area contributed by atoms with Crippen LogP contribution in [-0.2, 0) is 15.0 Å². The van der Waals surface area contributed by atoms with Crippen molar-refractivity contribution in [3.8, 4) is 0 Å². The number of nitrogens with one attached hydrogen (secondary N) is 2. The summed E-state index contributed by atoms with van der Waals surface area (Å²) >= 11 is 0. The molecule has 1 unspecified atom stereocenters. The largest absolute Gasteiger partial charge is 0.299 e. The molecule has 0 spiro atoms. The van der Waals surface area contributed by atoms with Crippen LogP contribution in [0.5, 0.6) is 0 Å². The first-order valence-electron chi connectivity index (χ1n) is 6.29. The standard InChI is InChI=1S/C13H13FN2O3S/c14-9-5-2-1-4-8(9)13-12-10(6-3-7-11(12)17)15-20(18,19)16-13/h1-2,4-5,13,15-16H,3,6-7H2. The molecule has 2 N–H and O–H groups in total. The van der Waals surface area contributed by atoms with Gasteiger partial charge in [0.1, 0.15) is 5.82 Å². The van der Waals surface area contributed by atoms with Gasteiger partial charge in [-0.15, -0.1) is 0 Å². The lowest BCUT2D eigenvalue weighted by Gasteiger charge is -2.32. The van der Waals surface area contributed by atoms with Crippen LogP contribution in [0, 0.1) is 5.82 Å². The summed E-state index contributed by atoms with van der Waals surface area (Å²) in [6.45, 7) is 0. The monoisotopic (exact) mass is 296 g/mol. The highest BCUT2D eigenvalue weighted by Crippen LogP contribution is 2.35. The summed E-state index contributed by atoms with van der Waals surface area (Å²) in [5.74, 6) is -0.679. The topological polar surface area (TPSA) is 75.3 Å². The zero-order chi connectivity index (χ0) is 14.3. The van der Waals surface area contributed by atoms with Gasteiger partial charge in [-0.3, -0.25) is 9.52 Å². The predicted octanol–water partition coefficient (Wildman–Crippen LogP) is 1.31. The van der Waals surface area contributed by atoms with E-state index in [0.29, 0.717) is 30.5 Å². The molecular weight excluding hydrogens is 283 g/mol. The summed E-state index contributed by atoms with van der Waals surface area (Å²) in [5.41, 5.74) is 0.879. The van der Waals surface area contributed by atoms with Crippen molar-refractivity contribution in [1.82, 2.24) is 9.44 Å². The molecule has 3 rings (SSSR count). The van der Waals surface area contributed by atoms with Crippen molar-refractivity contribution in [1.29, 1.82) is 0 Å². The van der Waals surface area contributed by atoms with Gasteiger partial charge in [-0.1, -0.05) is 18.2 Å². The fraction of sp³-hybridized carbons (Fsp3) is 0.308. The van der Waals surface area contributed by atoms with Crippen LogP contribution in [0.3, 0.4) is 0 Å². The number of Topliss-reactive ketones (excluding diaryl/α,β-unsaturated/α-hetero) is 1. The average Bonchev–Trinajstić information content (AvgIpc) is 2.37. The van der Waals surface area contributed by atoms with Crippen LogP contribution in [0.15, 0.2) is 35.5 Å². The van der Waals surface area contributed by atoms with Gasteiger partial charge in [0.15, 0.2) is 5.78 Å². The highest BCUT2D eigenvalue weighted by molar-refractivity contribution is 7.87. The van der Waals surface area contributed by atoms with Crippen LogP contribution < -0.4 is 9.44 Å². The highest BCUT2D eigenvalue weighted by Gasteiger charge is 2.37. The zero-order valence-electron chi connectivity index (χ0n) is 10.5. The van der Waals surface area contributed by atoms with E-state index in [4.69, 9.17) is 0 Å². The summed E-state index contributed by atoms with van der Waals surface area (Å²) < 4.78 is 42.2. The number of carbonyl (C=O) groups excluding carboxylic acids is 1. The third-order valence-corrected chi connectivity index (χ3v) is 4.55. The predicted molar refractivity (Wildman–Crippen MR) is 70.2 cm³/mol. The number of hydrogen-bond donors (Lipinski definition) is 2. The summed E-state index contributed by atoms with van der Waals surface area (Å²) in [7, 11) is -3.77. The van der Waals surface area contributed by atoms with E-state index in [1.807, 2.05) is 0 Å². The Morgan fingerprint density at radius 1 is 1.20 bits per heavy atom. The summed E-state index contributed by atoms with van der Waals surface area (Å²) in [4.78, 5) is 12.1. The van der Waals surface area contributed by atoms with Crippen molar-refractivity contribution >= 4 is 16.0 Å². The second kappa shape index (κ2) is 4.68. The van der Waals surface area contributed by atoms with Crippen LogP contribution in [0.4, 0.5) is 4.39 Å². The first-order chi connectivity index (χ1) is 9.48. The fourth-order valence-electron chi connectivity index (χ4n) is 2.64. The van der Waals surface area contributed by atoms with E-state index in [2.05, 4.69) is 9.44 Å². The van der Waals surface area contributed by atoms with E-state index in [-0.39, 0.29) is 11.3 Å². The number of benzene rings is 1. The van der Waals surface area contributed by atoms with Crippen LogP contribution in [0.2, 0.25) is 0 Å². The molecule has 2 aliphatic rings. The molecule has 0 radical (unpaired) electrons. The molecule has 0 saturated carbocycles. The van der Waals surface area contributed by atoms with Crippen molar-refractivity contribution in [3.63, 3.8) is 0 Å². The minimum absolute atomic E-state index is 0.144. The van der Waals surface area contributed by atoms with E-state index >= 15 is 0 Å². The van der Waals surface area contributed by atoms with E-state index in [1.165, 1.54) is 18.2 Å². The Bertz CT molecular complexity index is 712. The molecule has 0 aromatic heterocycles. The van der Waals surface area contributed by atoms with E-state index in [0.717, 1.165) is 0 Å². The molecule has 5 nitrogen and oxygen atoms in total. The lowest BCUT2D eigenvalue weighted by molar-refractivity contribution is -0.116. The number of ketones is 1. The lowest BCUT2D eigenvalue weighted by atomic mass is 9.87. The first kappa shape index (κ1) is 13.3. The normalized spacial score (nSPS) is 25.1. The van der Waals surface area contributed by atoms with Gasteiger partial charge in [0, 0.05) is 23.3 Å². The minimum Gasteiger partial charge on any atom is -0.294 e. The number of hydrogen-bond acceptors (Lipinski definition) is 3. The Balaban J connectivity index is 2.17. The van der Waals surface area contributed by atoms with Crippen molar-refractivity contribution in [2.75, 3.05) is 0 Å². The van der Waals surface area contributed by atoms with Crippen molar-refractivity contribution in [2.24, 2.45) is 0 Å². The molecule has 0 amide bonds. The first-order valence-corrected chi connectivity index (χ1v) is 7.77. The maximum absolute atomic E-state index is 13.9. The summed E-state index contributed by atoms with van der Waals surface area (Å²) in [6.07, 6.45) is 1.43. The maximum atomic E-state index is 13.9. The van der Waals surface area contributed by atoms with Gasteiger partial charge in [-0.05, 0) is 18.9 Å². The summed E-state index contributed by atoms with van der Waals surface area (Å²) in [6, 6.07) is 4.92. The number of rotatable bonds is 1. The second-order valence-electron chi connectivity index (χ2n) is 4.85. The third-order valence-electron chi connectivity index (χ3n) is 3.49. The quantitative estimate of drug-likeness (QED) is 0.820. The lowest BCUT2D eigenvalue weighted by Crippen LogP contribution is -2.47. The van der Waals surface area contributed by atoms with Crippen molar-refractivity contribution < 1.29 is 17.6 Å². The molecule has 1 aromatic carbocycles. The Morgan fingerprint density at radius 3 is 2.70 bits per heavy atom. The minimum atomic E-state index is -3.77. The molecule has 1 aromatic rings. The molecule has 1 aliphatic heterocycles. The Labute approximate surface area is 116 Å². The van der Waals surface area contributed by atoms with Gasteiger partial charge in [0.05, 0.1) is 6.04 Å². The third kappa shape index (κ3) is 2.23. The van der Waals surface area contributed by atoms with E-state index in [9.17, 15) is 17.6 Å². The van der Waals surface area contributed by atoms with Gasteiger partial charge < -0.3 is 0 Å². The highest BCUT2D eigenvalue weighted by atomic mass is 32.2. The molecule has 7 heteroatoms. The Morgan fingerprint density at radius 2 is 1.95 bits per heavy atom. The van der Waals surface area contributed by atoms with Crippen LogP contribution in [0.25, 0.3) is 0 Å². The molecule has 0 bridgehead atoms. The second-order valence-corrected chi connectivity index (χ2v) is 6.29. The molecule has 20 heavy (non-hydrogen) atoms. The van der Waals surface area contributed by atoms with Gasteiger partial charge in [0.25, 0.3) is 10.2 Å². The van der Waals surface area contributed by atoms with E-state index in [1.54, 1.807) is 6.07 Å². The van der Waals surface area contributed by atoms with Crippen LogP contribution >= 0.6 is 0 Å². The fourth-order valence-corrected chi connectivity index (χ4v) is 3.79. The average molecular weight is 296 g/mol. The maximum Gasteiger partial charge on any atom is 0.299 e. The van der Waals surface area contributed by atoms with Gasteiger partial charge >= 0.3 is 0 Å². The molecule has 1 heterocycles. The van der Waals surface area contributed by atoms with Gasteiger partial charge in [0.2, 0.25) is 0 Å². The molecule has 1 aliphatic carbocycles. The van der Waals surface area contributed by atoms with Crippen LogP contribution in [0.1, 0.15) is 30.9 Å². The molecular formula is C13H13FN2O3S. The smallest absolute Gasteiger partial charge is 0.294 e. The van der Waals surface area contributed by atoms with E-state index < -0.39 is 22.1 Å². The number of allylic oxidation sites excluding steroid dienone is 1. The number of carbonyl (C=O) groups is 1. The van der Waals surface area contributed by atoms with Crippen molar-refractivity contribution in [3.05, 3.63) is 46.9 Å². The molecule has 0 saturated heterocycles. The van der Waals surface area contributed by atoms with Crippen molar-refractivity contribution in [2.45, 2.75) is 25.3 Å². The SMILES string of the molecule is O=C1CCCC2=C1C(c1ccccc1F)NS(=O)(=O)N2.